The molecule has 0 spiro atoms. The average Bonchev–Trinajstić information content (AvgIpc) is 3.72. The molecule has 4 aromatic heterocycles. The second kappa shape index (κ2) is 7.37. The van der Waals surface area contributed by atoms with Crippen molar-refractivity contribution in [3.8, 4) is 11.4 Å². The van der Waals surface area contributed by atoms with Gasteiger partial charge in [-0.3, -0.25) is 0 Å². The van der Waals surface area contributed by atoms with E-state index < -0.39 is 0 Å². The first-order valence-electron chi connectivity index (χ1n) is 12.8. The second-order valence-corrected chi connectivity index (χ2v) is 10.8. The molecule has 9 aromatic rings. The van der Waals surface area contributed by atoms with Crippen LogP contribution in [-0.2, 0) is 0 Å². The van der Waals surface area contributed by atoms with E-state index >= 15 is 0 Å². The molecule has 5 aromatic carbocycles. The molecule has 178 valence electrons. The summed E-state index contributed by atoms with van der Waals surface area (Å²) >= 11 is 1.70. The molecule has 0 saturated heterocycles. The maximum atomic E-state index is 5.69. The van der Waals surface area contributed by atoms with Crippen molar-refractivity contribution >= 4 is 75.3 Å². The van der Waals surface area contributed by atoms with Crippen LogP contribution in [0.15, 0.2) is 126 Å². The van der Waals surface area contributed by atoms with Gasteiger partial charge in [0.2, 0.25) is 0 Å². The highest BCUT2D eigenvalue weighted by atomic mass is 32.1. The van der Waals surface area contributed by atoms with Crippen LogP contribution in [-0.4, -0.2) is 9.13 Å². The number of aromatic nitrogens is 2. The Hall–Kier alpha value is -4.80. The molecular weight excluding hydrogens is 484 g/mol. The molecular formula is C34H20N2OS. The molecule has 4 heteroatoms. The van der Waals surface area contributed by atoms with Crippen LogP contribution in [0.2, 0.25) is 0 Å². The molecule has 0 aliphatic rings. The number of hydrogen-bond acceptors (Lipinski definition) is 2. The van der Waals surface area contributed by atoms with Gasteiger partial charge in [0.15, 0.2) is 4.90 Å². The minimum Gasteiger partial charge on any atom is -0.454 e. The maximum absolute atomic E-state index is 5.69. The van der Waals surface area contributed by atoms with E-state index in [-0.39, 0.29) is 0 Å². The summed E-state index contributed by atoms with van der Waals surface area (Å²) in [6.07, 6.45) is 1.78. The zero-order valence-corrected chi connectivity index (χ0v) is 21.1. The molecule has 0 bridgehead atoms. The first kappa shape index (κ1) is 20.3. The zero-order valence-electron chi connectivity index (χ0n) is 20.3. The molecule has 0 aliphatic heterocycles. The maximum Gasteiger partial charge on any atom is 0.188 e. The Labute approximate surface area is 221 Å². The van der Waals surface area contributed by atoms with E-state index in [1.807, 2.05) is 0 Å². The third kappa shape index (κ3) is 2.62. The van der Waals surface area contributed by atoms with Gasteiger partial charge >= 0.3 is 0 Å². The van der Waals surface area contributed by atoms with Crippen LogP contribution in [0.3, 0.4) is 0 Å². The van der Waals surface area contributed by atoms with Gasteiger partial charge in [-0.2, -0.15) is 0 Å². The van der Waals surface area contributed by atoms with Crippen molar-refractivity contribution in [2.24, 2.45) is 0 Å². The summed E-state index contributed by atoms with van der Waals surface area (Å²) in [5.41, 5.74) is 7.20. The van der Waals surface area contributed by atoms with Crippen LogP contribution in [0.1, 0.15) is 0 Å². The lowest BCUT2D eigenvalue weighted by atomic mass is 10.1. The van der Waals surface area contributed by atoms with Crippen LogP contribution < -0.4 is 0 Å². The lowest BCUT2D eigenvalue weighted by Crippen LogP contribution is -1.95. The van der Waals surface area contributed by atoms with Crippen LogP contribution in [0.5, 0.6) is 0 Å². The highest BCUT2D eigenvalue weighted by Gasteiger charge is 2.17. The largest absolute Gasteiger partial charge is 0.454 e. The summed E-state index contributed by atoms with van der Waals surface area (Å²) in [6, 6.07) is 41.8. The topological polar surface area (TPSA) is 23.0 Å². The standard InChI is InChI=1S/C34H20N2OS/c1-4-10-29-23(7-1)24-8-2-5-11-30(24)35(29)21-13-15-32-27(19-21)25-9-3-6-12-31(25)36(32)22-14-16-33-28(20-22)26-17-18-37-34(26)38-33/h1-20H. The second-order valence-electron chi connectivity index (χ2n) is 9.83. The molecule has 0 saturated carbocycles. The lowest BCUT2D eigenvalue weighted by molar-refractivity contribution is 0.624. The Bertz CT molecular complexity index is 2310. The monoisotopic (exact) mass is 504 g/mol. The molecule has 0 amide bonds. The number of benzene rings is 5. The number of thiophene rings is 1. The van der Waals surface area contributed by atoms with Gasteiger partial charge in [-0.25, -0.2) is 0 Å². The Morgan fingerprint density at radius 1 is 0.447 bits per heavy atom. The van der Waals surface area contributed by atoms with E-state index in [2.05, 4.69) is 124 Å². The van der Waals surface area contributed by atoms with Gasteiger partial charge in [-0.15, -0.1) is 0 Å². The molecule has 4 heterocycles. The van der Waals surface area contributed by atoms with Crippen LogP contribution in [0, 0.1) is 0 Å². The number of fused-ring (bicyclic) bond motifs is 9. The van der Waals surface area contributed by atoms with Gasteiger partial charge < -0.3 is 13.6 Å². The van der Waals surface area contributed by atoms with E-state index in [1.165, 1.54) is 64.8 Å². The van der Waals surface area contributed by atoms with Crippen molar-refractivity contribution in [3.05, 3.63) is 122 Å². The van der Waals surface area contributed by atoms with Crippen molar-refractivity contribution in [1.29, 1.82) is 0 Å². The van der Waals surface area contributed by atoms with Gasteiger partial charge in [0.25, 0.3) is 0 Å². The number of rotatable bonds is 2. The van der Waals surface area contributed by atoms with Crippen LogP contribution in [0.25, 0.3) is 75.4 Å². The van der Waals surface area contributed by atoms with Gasteiger partial charge in [-0.05, 0) is 60.7 Å². The van der Waals surface area contributed by atoms with Gasteiger partial charge in [0.05, 0.1) is 28.3 Å². The van der Waals surface area contributed by atoms with Crippen molar-refractivity contribution in [3.63, 3.8) is 0 Å². The average molecular weight is 505 g/mol. The van der Waals surface area contributed by atoms with Crippen molar-refractivity contribution in [2.75, 3.05) is 0 Å². The molecule has 0 radical (unpaired) electrons. The highest BCUT2D eigenvalue weighted by molar-refractivity contribution is 7.25. The highest BCUT2D eigenvalue weighted by Crippen LogP contribution is 2.39. The minimum atomic E-state index is 0.982. The van der Waals surface area contributed by atoms with Crippen molar-refractivity contribution in [2.45, 2.75) is 0 Å². The fourth-order valence-electron chi connectivity index (χ4n) is 6.21. The SMILES string of the molecule is c1ccc2c(c1)c1ccccc1n2-c1ccc2c(c1)c1ccccc1n2-c1ccc2sc3occc3c2c1. The van der Waals surface area contributed by atoms with Crippen LogP contribution >= 0.6 is 11.3 Å². The third-order valence-corrected chi connectivity index (χ3v) is 8.92. The number of hydrogen-bond donors (Lipinski definition) is 0. The molecule has 0 unspecified atom stereocenters. The molecule has 0 N–H and O–H groups in total. The lowest BCUT2D eigenvalue weighted by Gasteiger charge is -2.10. The quantitative estimate of drug-likeness (QED) is 0.230. The van der Waals surface area contributed by atoms with Gasteiger partial charge in [-0.1, -0.05) is 65.9 Å². The summed E-state index contributed by atoms with van der Waals surface area (Å²) in [6.45, 7) is 0. The number of para-hydroxylation sites is 3. The summed E-state index contributed by atoms with van der Waals surface area (Å²) in [4.78, 5) is 0.982. The third-order valence-electron chi connectivity index (χ3n) is 7.84. The summed E-state index contributed by atoms with van der Waals surface area (Å²) in [7, 11) is 0. The molecule has 0 fully saturated rings. The summed E-state index contributed by atoms with van der Waals surface area (Å²) in [5.74, 6) is 0. The Morgan fingerprint density at radius 2 is 0.974 bits per heavy atom. The number of nitrogens with zero attached hydrogens (tertiary/aromatic N) is 2. The van der Waals surface area contributed by atoms with Gasteiger partial charge in [0, 0.05) is 48.4 Å². The Kier molecular flexibility index (Phi) is 3.93. The summed E-state index contributed by atoms with van der Waals surface area (Å²) < 4.78 is 11.7. The predicted octanol–water partition coefficient (Wildman–Crippen LogP) is 9.84. The zero-order chi connectivity index (χ0) is 24.8. The molecule has 9 rings (SSSR count). The Balaban J connectivity index is 1.35. The van der Waals surface area contributed by atoms with Crippen molar-refractivity contribution in [1.82, 2.24) is 9.13 Å². The molecule has 0 aliphatic carbocycles. The van der Waals surface area contributed by atoms with Crippen LogP contribution in [0.4, 0.5) is 0 Å². The first-order chi connectivity index (χ1) is 18.8. The molecule has 0 atom stereocenters. The van der Waals surface area contributed by atoms with Crippen molar-refractivity contribution < 1.29 is 4.42 Å². The fraction of sp³-hybridized carbons (Fsp3) is 0. The Morgan fingerprint density at radius 3 is 1.63 bits per heavy atom. The van der Waals surface area contributed by atoms with E-state index in [4.69, 9.17) is 4.42 Å². The predicted molar refractivity (Wildman–Crippen MR) is 160 cm³/mol. The number of furan rings is 1. The van der Waals surface area contributed by atoms with E-state index in [0.717, 1.165) is 10.6 Å². The molecule has 3 nitrogen and oxygen atoms in total. The molecule has 38 heavy (non-hydrogen) atoms. The van der Waals surface area contributed by atoms with E-state index in [9.17, 15) is 0 Å². The normalized spacial score (nSPS) is 12.2. The van der Waals surface area contributed by atoms with E-state index in [0.29, 0.717) is 0 Å². The fourth-order valence-corrected chi connectivity index (χ4v) is 7.22. The minimum absolute atomic E-state index is 0.982. The van der Waals surface area contributed by atoms with Gasteiger partial charge in [0.1, 0.15) is 0 Å². The van der Waals surface area contributed by atoms with E-state index in [1.54, 1.807) is 17.6 Å². The summed E-state index contributed by atoms with van der Waals surface area (Å²) in [5, 5.41) is 7.48. The smallest absolute Gasteiger partial charge is 0.188 e. The first-order valence-corrected chi connectivity index (χ1v) is 13.6.